The molecule has 15 heavy (non-hydrogen) atoms. The number of halogens is 1. The zero-order valence-corrected chi connectivity index (χ0v) is 10.7. The molecule has 2 heterocycles. The van der Waals surface area contributed by atoms with Crippen LogP contribution in [0.2, 0.25) is 0 Å². The molecule has 1 N–H and O–H groups in total. The monoisotopic (exact) mass is 246 g/mol. The highest BCUT2D eigenvalue weighted by Crippen LogP contribution is 2.24. The van der Waals surface area contributed by atoms with E-state index in [1.807, 2.05) is 11.3 Å². The number of hydrogen-bond donors (Lipinski definition) is 1. The van der Waals surface area contributed by atoms with Gasteiger partial charge in [-0.05, 0) is 31.3 Å². The van der Waals surface area contributed by atoms with Gasteiger partial charge in [0, 0.05) is 30.6 Å². The summed E-state index contributed by atoms with van der Waals surface area (Å²) in [5.41, 5.74) is 0. The first-order chi connectivity index (χ1) is 6.88. The van der Waals surface area contributed by atoms with Crippen LogP contribution in [0.5, 0.6) is 0 Å². The Hall–Kier alpha value is -0.0900. The van der Waals surface area contributed by atoms with Crippen LogP contribution >= 0.6 is 23.7 Å². The van der Waals surface area contributed by atoms with Crippen molar-refractivity contribution in [3.05, 3.63) is 22.4 Å². The minimum atomic E-state index is 0. The molecule has 2 rings (SSSR count). The van der Waals surface area contributed by atoms with E-state index in [9.17, 15) is 0 Å². The van der Waals surface area contributed by atoms with E-state index in [2.05, 4.69) is 34.7 Å². The van der Waals surface area contributed by atoms with E-state index in [-0.39, 0.29) is 12.4 Å². The Labute approximate surface area is 102 Å². The second kappa shape index (κ2) is 6.48. The van der Waals surface area contributed by atoms with Gasteiger partial charge in [0.1, 0.15) is 0 Å². The molecule has 1 aromatic rings. The van der Waals surface area contributed by atoms with E-state index in [1.165, 1.54) is 30.9 Å². The lowest BCUT2D eigenvalue weighted by atomic mass is 10.2. The summed E-state index contributed by atoms with van der Waals surface area (Å²) >= 11 is 1.87. The van der Waals surface area contributed by atoms with Crippen LogP contribution in [-0.2, 0) is 0 Å². The number of hydrogen-bond acceptors (Lipinski definition) is 3. The van der Waals surface area contributed by atoms with Crippen LogP contribution in [0.25, 0.3) is 0 Å². The van der Waals surface area contributed by atoms with Crippen molar-refractivity contribution in [3.63, 3.8) is 0 Å². The molecule has 1 atom stereocenters. The van der Waals surface area contributed by atoms with Gasteiger partial charge in [0.15, 0.2) is 0 Å². The summed E-state index contributed by atoms with van der Waals surface area (Å²) in [6.45, 7) is 7.03. The van der Waals surface area contributed by atoms with Crippen LogP contribution in [-0.4, -0.2) is 31.1 Å². The molecular weight excluding hydrogens is 228 g/mol. The predicted octanol–water partition coefficient (Wildman–Crippen LogP) is 2.53. The summed E-state index contributed by atoms with van der Waals surface area (Å²) in [5.74, 6) is 0. The molecule has 0 aliphatic carbocycles. The molecule has 0 bridgehead atoms. The smallest absolute Gasteiger partial charge is 0.0413 e. The quantitative estimate of drug-likeness (QED) is 0.863. The number of nitrogens with zero attached hydrogens (tertiary/aromatic N) is 1. The molecule has 0 saturated carbocycles. The standard InChI is InChI=1S/C11H18N2S.ClH/c1-10(11-4-2-9-14-11)13-7-3-5-12-6-8-13;/h2,4,9-10,12H,3,5-8H2,1H3;1H. The highest BCUT2D eigenvalue weighted by molar-refractivity contribution is 7.10. The van der Waals surface area contributed by atoms with Crippen molar-refractivity contribution in [1.82, 2.24) is 10.2 Å². The van der Waals surface area contributed by atoms with Crippen molar-refractivity contribution >= 4 is 23.7 Å². The molecule has 1 aromatic heterocycles. The van der Waals surface area contributed by atoms with Gasteiger partial charge in [-0.25, -0.2) is 0 Å². The van der Waals surface area contributed by atoms with Crippen molar-refractivity contribution in [1.29, 1.82) is 0 Å². The first-order valence-electron chi connectivity index (χ1n) is 5.36. The molecular formula is C11H19ClN2S. The lowest BCUT2D eigenvalue weighted by Crippen LogP contribution is -2.30. The SMILES string of the molecule is CC(c1cccs1)N1CCCNCC1.Cl. The number of nitrogens with one attached hydrogen (secondary N) is 1. The van der Waals surface area contributed by atoms with E-state index < -0.39 is 0 Å². The Morgan fingerprint density at radius 1 is 1.40 bits per heavy atom. The molecule has 2 nitrogen and oxygen atoms in total. The molecule has 1 saturated heterocycles. The molecule has 1 aliphatic rings. The predicted molar refractivity (Wildman–Crippen MR) is 69.0 cm³/mol. The first kappa shape index (κ1) is 13.0. The maximum Gasteiger partial charge on any atom is 0.0413 e. The third-order valence-corrected chi connectivity index (χ3v) is 3.92. The van der Waals surface area contributed by atoms with Crippen molar-refractivity contribution < 1.29 is 0 Å². The van der Waals surface area contributed by atoms with Gasteiger partial charge in [-0.15, -0.1) is 23.7 Å². The summed E-state index contributed by atoms with van der Waals surface area (Å²) < 4.78 is 0. The molecule has 0 radical (unpaired) electrons. The van der Waals surface area contributed by atoms with Gasteiger partial charge in [-0.1, -0.05) is 6.07 Å². The second-order valence-electron chi connectivity index (χ2n) is 3.83. The maximum atomic E-state index is 3.44. The summed E-state index contributed by atoms with van der Waals surface area (Å²) in [7, 11) is 0. The zero-order valence-electron chi connectivity index (χ0n) is 9.11. The molecule has 0 amide bonds. The van der Waals surface area contributed by atoms with Crippen molar-refractivity contribution in [2.45, 2.75) is 19.4 Å². The third kappa shape index (κ3) is 3.45. The van der Waals surface area contributed by atoms with Crippen LogP contribution < -0.4 is 5.32 Å². The van der Waals surface area contributed by atoms with E-state index in [1.54, 1.807) is 0 Å². The van der Waals surface area contributed by atoms with Gasteiger partial charge >= 0.3 is 0 Å². The number of rotatable bonds is 2. The average Bonchev–Trinajstić information content (AvgIpc) is 2.59. The van der Waals surface area contributed by atoms with Crippen molar-refractivity contribution in [3.8, 4) is 0 Å². The number of thiophene rings is 1. The molecule has 4 heteroatoms. The largest absolute Gasteiger partial charge is 0.315 e. The van der Waals surface area contributed by atoms with Gasteiger partial charge in [0.05, 0.1) is 0 Å². The van der Waals surface area contributed by atoms with E-state index in [0.29, 0.717) is 6.04 Å². The molecule has 1 aliphatic heterocycles. The Bertz CT molecular complexity index is 256. The summed E-state index contributed by atoms with van der Waals surface area (Å²) in [6, 6.07) is 4.98. The Morgan fingerprint density at radius 2 is 2.27 bits per heavy atom. The fourth-order valence-corrected chi connectivity index (χ4v) is 2.78. The van der Waals surface area contributed by atoms with Crippen LogP contribution in [0.15, 0.2) is 17.5 Å². The van der Waals surface area contributed by atoms with Gasteiger partial charge in [-0.3, -0.25) is 4.90 Å². The highest BCUT2D eigenvalue weighted by Gasteiger charge is 2.17. The van der Waals surface area contributed by atoms with Gasteiger partial charge in [0.25, 0.3) is 0 Å². The Morgan fingerprint density at radius 3 is 3.00 bits per heavy atom. The maximum absolute atomic E-state index is 3.44. The minimum absolute atomic E-state index is 0. The van der Waals surface area contributed by atoms with E-state index in [0.717, 1.165) is 6.54 Å². The third-order valence-electron chi connectivity index (χ3n) is 2.88. The van der Waals surface area contributed by atoms with Crippen LogP contribution in [0.4, 0.5) is 0 Å². The molecule has 86 valence electrons. The molecule has 1 unspecified atom stereocenters. The summed E-state index contributed by atoms with van der Waals surface area (Å²) in [6.07, 6.45) is 1.27. The van der Waals surface area contributed by atoms with Gasteiger partial charge in [-0.2, -0.15) is 0 Å². The molecule has 0 spiro atoms. The van der Waals surface area contributed by atoms with Gasteiger partial charge in [0.2, 0.25) is 0 Å². The molecule has 1 fully saturated rings. The van der Waals surface area contributed by atoms with Crippen LogP contribution in [0.1, 0.15) is 24.3 Å². The van der Waals surface area contributed by atoms with Crippen molar-refractivity contribution in [2.75, 3.05) is 26.2 Å². The topological polar surface area (TPSA) is 15.3 Å². The average molecular weight is 247 g/mol. The fraction of sp³-hybridized carbons (Fsp3) is 0.636. The van der Waals surface area contributed by atoms with Crippen LogP contribution in [0, 0.1) is 0 Å². The summed E-state index contributed by atoms with van der Waals surface area (Å²) in [4.78, 5) is 4.07. The van der Waals surface area contributed by atoms with Crippen molar-refractivity contribution in [2.24, 2.45) is 0 Å². The second-order valence-corrected chi connectivity index (χ2v) is 4.81. The lowest BCUT2D eigenvalue weighted by molar-refractivity contribution is 0.228. The summed E-state index contributed by atoms with van der Waals surface area (Å²) in [5, 5.41) is 5.61. The fourth-order valence-electron chi connectivity index (χ4n) is 1.96. The zero-order chi connectivity index (χ0) is 9.80. The first-order valence-corrected chi connectivity index (χ1v) is 6.24. The van der Waals surface area contributed by atoms with Crippen LogP contribution in [0.3, 0.4) is 0 Å². The normalized spacial score (nSPS) is 20.3. The molecule has 0 aromatic carbocycles. The highest BCUT2D eigenvalue weighted by atomic mass is 35.5. The lowest BCUT2D eigenvalue weighted by Gasteiger charge is -2.26. The Balaban J connectivity index is 0.00000112. The van der Waals surface area contributed by atoms with E-state index >= 15 is 0 Å². The van der Waals surface area contributed by atoms with E-state index in [4.69, 9.17) is 0 Å². The Kier molecular flexibility index (Phi) is 5.61. The van der Waals surface area contributed by atoms with Gasteiger partial charge < -0.3 is 5.32 Å². The minimum Gasteiger partial charge on any atom is -0.315 e.